The van der Waals surface area contributed by atoms with Crippen LogP contribution in [0.2, 0.25) is 0 Å². The highest BCUT2D eigenvalue weighted by atomic mass is 19.4. The molecule has 12 heavy (non-hydrogen) atoms. The van der Waals surface area contributed by atoms with Crippen molar-refractivity contribution >= 4 is 5.71 Å². The summed E-state index contributed by atoms with van der Waals surface area (Å²) in [5.74, 6) is 3.70. The molecule has 0 radical (unpaired) electrons. The quantitative estimate of drug-likeness (QED) is 0.449. The van der Waals surface area contributed by atoms with Crippen molar-refractivity contribution in [2.24, 2.45) is 16.9 Å². The van der Waals surface area contributed by atoms with Crippen LogP contribution in [0.3, 0.4) is 0 Å². The molecule has 2 nitrogen and oxygen atoms in total. The highest BCUT2D eigenvalue weighted by Crippen LogP contribution is 2.36. The van der Waals surface area contributed by atoms with Gasteiger partial charge >= 0.3 is 6.18 Å². The molecule has 1 fully saturated rings. The van der Waals surface area contributed by atoms with Gasteiger partial charge in [0.2, 0.25) is 0 Å². The molecule has 1 aliphatic rings. The van der Waals surface area contributed by atoms with Gasteiger partial charge in [-0.3, -0.25) is 0 Å². The van der Waals surface area contributed by atoms with Gasteiger partial charge in [-0.2, -0.15) is 18.3 Å². The summed E-state index contributed by atoms with van der Waals surface area (Å²) in [5, 5.41) is 3.33. The highest BCUT2D eigenvalue weighted by Gasteiger charge is 2.41. The molecule has 0 aromatic rings. The predicted octanol–water partition coefficient (Wildman–Crippen LogP) is 2.05. The largest absolute Gasteiger partial charge is 0.392 e. The lowest BCUT2D eigenvalue weighted by Crippen LogP contribution is -2.29. The molecule has 0 aromatic heterocycles. The second-order valence-corrected chi connectivity index (χ2v) is 3.03. The van der Waals surface area contributed by atoms with Gasteiger partial charge in [-0.25, -0.2) is 0 Å². The van der Waals surface area contributed by atoms with Crippen LogP contribution in [0.25, 0.3) is 0 Å². The molecule has 0 bridgehead atoms. The fourth-order valence-electron chi connectivity index (χ4n) is 1.44. The van der Waals surface area contributed by atoms with Gasteiger partial charge in [-0.1, -0.05) is 0 Å². The Morgan fingerprint density at radius 3 is 2.58 bits per heavy atom. The van der Waals surface area contributed by atoms with Crippen LogP contribution in [0.4, 0.5) is 13.2 Å². The van der Waals surface area contributed by atoms with Gasteiger partial charge < -0.3 is 5.84 Å². The monoisotopic (exact) mass is 180 g/mol. The molecule has 1 saturated carbocycles. The molecule has 0 saturated heterocycles. The van der Waals surface area contributed by atoms with Crippen molar-refractivity contribution in [1.82, 2.24) is 0 Å². The Morgan fingerprint density at radius 1 is 1.42 bits per heavy atom. The van der Waals surface area contributed by atoms with E-state index in [9.17, 15) is 13.2 Å². The lowest BCUT2D eigenvalue weighted by atomic mass is 9.87. The van der Waals surface area contributed by atoms with E-state index in [4.69, 9.17) is 5.84 Å². The Morgan fingerprint density at radius 2 is 2.08 bits per heavy atom. The lowest BCUT2D eigenvalue weighted by Gasteiger charge is -2.24. The topological polar surface area (TPSA) is 38.4 Å². The first kappa shape index (κ1) is 9.35. The Labute approximate surface area is 68.6 Å². The maximum Gasteiger partial charge on any atom is 0.392 e. The number of hydrogen-bond donors (Lipinski definition) is 1. The molecule has 5 heteroatoms. The van der Waals surface area contributed by atoms with Gasteiger partial charge in [0.1, 0.15) is 0 Å². The van der Waals surface area contributed by atoms with E-state index >= 15 is 0 Å². The predicted molar refractivity (Wildman–Crippen MR) is 39.6 cm³/mol. The van der Waals surface area contributed by atoms with Crippen LogP contribution in [0.5, 0.6) is 0 Å². The fraction of sp³-hybridized carbons (Fsp3) is 0.857. The third-order valence-corrected chi connectivity index (χ3v) is 2.15. The van der Waals surface area contributed by atoms with Crippen LogP contribution in [-0.4, -0.2) is 11.9 Å². The number of nitrogens with zero attached hydrogens (tertiary/aromatic N) is 1. The Kier molecular flexibility index (Phi) is 2.59. The van der Waals surface area contributed by atoms with E-state index in [0.717, 1.165) is 0 Å². The first-order chi connectivity index (χ1) is 5.54. The minimum atomic E-state index is -4.09. The number of rotatable bonds is 0. The van der Waals surface area contributed by atoms with Gasteiger partial charge in [0.05, 0.1) is 5.92 Å². The average molecular weight is 180 g/mol. The zero-order chi connectivity index (χ0) is 9.19. The third-order valence-electron chi connectivity index (χ3n) is 2.15. The minimum absolute atomic E-state index is 0.0139. The summed E-state index contributed by atoms with van der Waals surface area (Å²) in [5.41, 5.74) is 0.489. The maximum absolute atomic E-state index is 12.2. The highest BCUT2D eigenvalue weighted by molar-refractivity contribution is 5.85. The molecule has 1 rings (SSSR count). The molecule has 0 spiro atoms. The standard InChI is InChI=1S/C7H11F3N2/c8-7(9,10)5-2-1-3-6(4-5)12-11/h5H,1-4,11H2/b12-6+. The zero-order valence-electron chi connectivity index (χ0n) is 6.56. The number of alkyl halides is 3. The molecule has 1 atom stereocenters. The molecule has 0 aromatic carbocycles. The van der Waals surface area contributed by atoms with Crippen LogP contribution in [-0.2, 0) is 0 Å². The van der Waals surface area contributed by atoms with Crippen LogP contribution in [0, 0.1) is 5.92 Å². The first-order valence-corrected chi connectivity index (χ1v) is 3.86. The smallest absolute Gasteiger partial charge is 0.323 e. The van der Waals surface area contributed by atoms with Crippen molar-refractivity contribution < 1.29 is 13.2 Å². The van der Waals surface area contributed by atoms with E-state index in [1.54, 1.807) is 0 Å². The molecular formula is C7H11F3N2. The molecular weight excluding hydrogens is 169 g/mol. The van der Waals surface area contributed by atoms with Crippen LogP contribution < -0.4 is 5.84 Å². The third kappa shape index (κ3) is 2.12. The summed E-state index contributed by atoms with van der Waals surface area (Å²) < 4.78 is 36.5. The van der Waals surface area contributed by atoms with Gasteiger partial charge in [0, 0.05) is 5.71 Å². The number of nitrogens with two attached hydrogens (primary N) is 1. The molecule has 1 aliphatic carbocycles. The van der Waals surface area contributed by atoms with E-state index in [1.165, 1.54) is 0 Å². The summed E-state index contributed by atoms with van der Waals surface area (Å²) in [7, 11) is 0. The van der Waals surface area contributed by atoms with E-state index in [-0.39, 0.29) is 12.8 Å². The fourth-order valence-corrected chi connectivity index (χ4v) is 1.44. The number of hydrogen-bond acceptors (Lipinski definition) is 2. The summed E-state index contributed by atoms with van der Waals surface area (Å²) in [6.45, 7) is 0. The number of halogens is 3. The Hall–Kier alpha value is -0.740. The van der Waals surface area contributed by atoms with E-state index < -0.39 is 12.1 Å². The molecule has 0 aliphatic heterocycles. The summed E-state index contributed by atoms with van der Waals surface area (Å²) >= 11 is 0. The summed E-state index contributed by atoms with van der Waals surface area (Å²) in [4.78, 5) is 0. The average Bonchev–Trinajstić information content (AvgIpc) is 2.03. The lowest BCUT2D eigenvalue weighted by molar-refractivity contribution is -0.175. The van der Waals surface area contributed by atoms with Gasteiger partial charge in [-0.05, 0) is 25.7 Å². The van der Waals surface area contributed by atoms with Crippen LogP contribution >= 0.6 is 0 Å². The van der Waals surface area contributed by atoms with Crippen molar-refractivity contribution in [2.75, 3.05) is 0 Å². The van der Waals surface area contributed by atoms with Crippen molar-refractivity contribution in [1.29, 1.82) is 0 Å². The molecule has 1 unspecified atom stereocenters. The van der Waals surface area contributed by atoms with Crippen molar-refractivity contribution in [3.63, 3.8) is 0 Å². The summed E-state index contributed by atoms with van der Waals surface area (Å²) in [6.07, 6.45) is -2.73. The first-order valence-electron chi connectivity index (χ1n) is 3.86. The normalized spacial score (nSPS) is 29.2. The number of hydrazone groups is 1. The van der Waals surface area contributed by atoms with E-state index in [1.807, 2.05) is 0 Å². The van der Waals surface area contributed by atoms with E-state index in [0.29, 0.717) is 18.6 Å². The minimum Gasteiger partial charge on any atom is -0.323 e. The second-order valence-electron chi connectivity index (χ2n) is 3.03. The second kappa shape index (κ2) is 3.33. The molecule has 70 valence electrons. The molecule has 0 amide bonds. The van der Waals surface area contributed by atoms with Gasteiger partial charge in [-0.15, -0.1) is 0 Å². The Balaban J connectivity index is 2.58. The molecule has 2 N–H and O–H groups in total. The van der Waals surface area contributed by atoms with Crippen molar-refractivity contribution in [3.05, 3.63) is 0 Å². The van der Waals surface area contributed by atoms with Crippen molar-refractivity contribution in [2.45, 2.75) is 31.9 Å². The van der Waals surface area contributed by atoms with Crippen LogP contribution in [0.15, 0.2) is 5.10 Å². The van der Waals surface area contributed by atoms with Gasteiger partial charge in [0.25, 0.3) is 0 Å². The summed E-state index contributed by atoms with van der Waals surface area (Å²) in [6, 6.07) is 0. The Bertz CT molecular complexity index is 186. The maximum atomic E-state index is 12.2. The SMILES string of the molecule is N/N=C1\CCCC(C(F)(F)F)C1. The van der Waals surface area contributed by atoms with Crippen LogP contribution in [0.1, 0.15) is 25.7 Å². The van der Waals surface area contributed by atoms with Crippen molar-refractivity contribution in [3.8, 4) is 0 Å². The van der Waals surface area contributed by atoms with Gasteiger partial charge in [0.15, 0.2) is 0 Å². The zero-order valence-corrected chi connectivity index (χ0v) is 6.56. The molecule has 0 heterocycles. The van der Waals surface area contributed by atoms with E-state index in [2.05, 4.69) is 5.10 Å².